The average molecular weight is 287 g/mol. The van der Waals surface area contributed by atoms with Crippen LogP contribution in [0.5, 0.6) is 0 Å². The lowest BCUT2D eigenvalue weighted by molar-refractivity contribution is -0.120. The molecule has 1 aliphatic carbocycles. The number of rotatable bonds is 3. The van der Waals surface area contributed by atoms with Crippen molar-refractivity contribution >= 4 is 24.0 Å². The Bertz CT molecular complexity index is 453. The minimum Gasteiger partial charge on any atom is -0.330 e. The van der Waals surface area contributed by atoms with Crippen LogP contribution in [-0.2, 0) is 4.79 Å². The molecule has 0 bridgehead atoms. The molecular formula is C14H20ClFN2O. The number of aryl methyl sites for hydroxylation is 1. The van der Waals surface area contributed by atoms with Gasteiger partial charge in [0.15, 0.2) is 0 Å². The molecule has 0 spiro atoms. The summed E-state index contributed by atoms with van der Waals surface area (Å²) in [4.78, 5) is 12.1. The number of nitrogens with one attached hydrogen (secondary N) is 1. The molecule has 0 unspecified atom stereocenters. The molecule has 1 fully saturated rings. The second kappa shape index (κ2) is 6.87. The van der Waals surface area contributed by atoms with Crippen LogP contribution < -0.4 is 11.1 Å². The highest BCUT2D eigenvalue weighted by Gasteiger charge is 2.31. The van der Waals surface area contributed by atoms with Crippen LogP contribution in [0.3, 0.4) is 0 Å². The van der Waals surface area contributed by atoms with E-state index in [9.17, 15) is 9.18 Å². The van der Waals surface area contributed by atoms with Gasteiger partial charge in [-0.15, -0.1) is 12.4 Å². The van der Waals surface area contributed by atoms with Crippen molar-refractivity contribution in [3.8, 4) is 0 Å². The van der Waals surface area contributed by atoms with Crippen LogP contribution in [0.2, 0.25) is 0 Å². The van der Waals surface area contributed by atoms with Gasteiger partial charge in [0.25, 0.3) is 0 Å². The largest absolute Gasteiger partial charge is 0.330 e. The van der Waals surface area contributed by atoms with Crippen molar-refractivity contribution in [2.75, 3.05) is 11.9 Å². The maximum atomic E-state index is 13.1. The van der Waals surface area contributed by atoms with Crippen molar-refractivity contribution in [3.05, 3.63) is 29.6 Å². The predicted octanol–water partition coefficient (Wildman–Crippen LogP) is 2.87. The fourth-order valence-electron chi connectivity index (χ4n) is 2.62. The number of carbonyl (C=O) groups excluding carboxylic acids is 1. The molecule has 0 radical (unpaired) electrons. The third-order valence-electron chi connectivity index (χ3n) is 3.72. The lowest BCUT2D eigenvalue weighted by Crippen LogP contribution is -2.29. The van der Waals surface area contributed by atoms with Gasteiger partial charge in [0, 0.05) is 11.6 Å². The maximum Gasteiger partial charge on any atom is 0.227 e. The molecule has 1 amide bonds. The SMILES string of the molecule is Cc1cc(NC(=O)[C@@H]2CCC[C@@H]2CN)ccc1F.Cl. The fourth-order valence-corrected chi connectivity index (χ4v) is 2.62. The quantitative estimate of drug-likeness (QED) is 0.898. The van der Waals surface area contributed by atoms with Crippen LogP contribution in [0.15, 0.2) is 18.2 Å². The smallest absolute Gasteiger partial charge is 0.227 e. The Hall–Kier alpha value is -1.13. The first-order chi connectivity index (χ1) is 8.61. The number of halogens is 2. The summed E-state index contributed by atoms with van der Waals surface area (Å²) in [5, 5.41) is 2.86. The highest BCUT2D eigenvalue weighted by molar-refractivity contribution is 5.93. The summed E-state index contributed by atoms with van der Waals surface area (Å²) in [6, 6.07) is 4.62. The first-order valence-electron chi connectivity index (χ1n) is 6.39. The van der Waals surface area contributed by atoms with Gasteiger partial charge in [-0.25, -0.2) is 4.39 Å². The van der Waals surface area contributed by atoms with Crippen LogP contribution in [0.1, 0.15) is 24.8 Å². The Balaban J connectivity index is 0.00000180. The fraction of sp³-hybridized carbons (Fsp3) is 0.500. The number of benzene rings is 1. The van der Waals surface area contributed by atoms with E-state index in [0.29, 0.717) is 17.8 Å². The second-order valence-electron chi connectivity index (χ2n) is 4.99. The molecule has 3 nitrogen and oxygen atoms in total. The summed E-state index contributed by atoms with van der Waals surface area (Å²) in [6.45, 7) is 2.24. The number of anilines is 1. The lowest BCUT2D eigenvalue weighted by Gasteiger charge is -2.17. The molecule has 0 saturated heterocycles. The third kappa shape index (κ3) is 3.67. The van der Waals surface area contributed by atoms with E-state index in [0.717, 1.165) is 19.3 Å². The molecule has 2 atom stereocenters. The van der Waals surface area contributed by atoms with Gasteiger partial charge in [0.1, 0.15) is 5.82 Å². The Labute approximate surface area is 119 Å². The van der Waals surface area contributed by atoms with E-state index in [-0.39, 0.29) is 36.0 Å². The van der Waals surface area contributed by atoms with Crippen molar-refractivity contribution in [2.45, 2.75) is 26.2 Å². The second-order valence-corrected chi connectivity index (χ2v) is 4.99. The number of amides is 1. The zero-order valence-electron chi connectivity index (χ0n) is 11.0. The summed E-state index contributed by atoms with van der Waals surface area (Å²) >= 11 is 0. The van der Waals surface area contributed by atoms with E-state index in [1.54, 1.807) is 19.1 Å². The van der Waals surface area contributed by atoms with Gasteiger partial charge < -0.3 is 11.1 Å². The normalized spacial score (nSPS) is 21.8. The number of hydrogen-bond acceptors (Lipinski definition) is 2. The first-order valence-corrected chi connectivity index (χ1v) is 6.39. The molecule has 0 heterocycles. The molecule has 1 saturated carbocycles. The summed E-state index contributed by atoms with van der Waals surface area (Å²) in [5.74, 6) is 0.0366. The Morgan fingerprint density at radius 2 is 2.21 bits per heavy atom. The van der Waals surface area contributed by atoms with E-state index >= 15 is 0 Å². The maximum absolute atomic E-state index is 13.1. The van der Waals surface area contributed by atoms with Gasteiger partial charge >= 0.3 is 0 Å². The van der Waals surface area contributed by atoms with E-state index in [1.807, 2.05) is 0 Å². The van der Waals surface area contributed by atoms with Crippen LogP contribution in [0.25, 0.3) is 0 Å². The zero-order chi connectivity index (χ0) is 13.1. The molecule has 0 aliphatic heterocycles. The highest BCUT2D eigenvalue weighted by atomic mass is 35.5. The van der Waals surface area contributed by atoms with Gasteiger partial charge in [-0.3, -0.25) is 4.79 Å². The molecule has 5 heteroatoms. The standard InChI is InChI=1S/C14H19FN2O.ClH/c1-9-7-11(5-6-13(9)15)17-14(18)12-4-2-3-10(12)8-16;/h5-7,10,12H,2-4,8,16H2,1H3,(H,17,18);1H/t10-,12-;/m1./s1. The summed E-state index contributed by atoms with van der Waals surface area (Å²) in [6.07, 6.45) is 2.98. The summed E-state index contributed by atoms with van der Waals surface area (Å²) < 4.78 is 13.1. The molecule has 19 heavy (non-hydrogen) atoms. The Kier molecular flexibility index (Phi) is 5.76. The third-order valence-corrected chi connectivity index (χ3v) is 3.72. The Morgan fingerprint density at radius 3 is 2.84 bits per heavy atom. The lowest BCUT2D eigenvalue weighted by atomic mass is 9.95. The van der Waals surface area contributed by atoms with Gasteiger partial charge in [0.05, 0.1) is 0 Å². The van der Waals surface area contributed by atoms with E-state index in [2.05, 4.69) is 5.32 Å². The van der Waals surface area contributed by atoms with E-state index < -0.39 is 0 Å². The minimum absolute atomic E-state index is 0. The molecule has 106 valence electrons. The monoisotopic (exact) mass is 286 g/mol. The molecule has 1 aromatic rings. The van der Waals surface area contributed by atoms with Crippen molar-refractivity contribution in [2.24, 2.45) is 17.6 Å². The van der Waals surface area contributed by atoms with Crippen LogP contribution in [-0.4, -0.2) is 12.5 Å². The van der Waals surface area contributed by atoms with Crippen LogP contribution in [0, 0.1) is 24.6 Å². The molecule has 1 aliphatic rings. The molecule has 0 aromatic heterocycles. The molecular weight excluding hydrogens is 267 g/mol. The predicted molar refractivity (Wildman–Crippen MR) is 76.9 cm³/mol. The van der Waals surface area contributed by atoms with E-state index in [1.165, 1.54) is 6.07 Å². The minimum atomic E-state index is -0.256. The molecule has 2 rings (SSSR count). The molecule has 1 aromatic carbocycles. The van der Waals surface area contributed by atoms with Crippen molar-refractivity contribution < 1.29 is 9.18 Å². The average Bonchev–Trinajstić information content (AvgIpc) is 2.82. The summed E-state index contributed by atoms with van der Waals surface area (Å²) in [7, 11) is 0. The first kappa shape index (κ1) is 15.9. The van der Waals surface area contributed by atoms with Crippen molar-refractivity contribution in [3.63, 3.8) is 0 Å². The summed E-state index contributed by atoms with van der Waals surface area (Å²) in [5.41, 5.74) is 6.86. The van der Waals surface area contributed by atoms with Gasteiger partial charge in [0.2, 0.25) is 5.91 Å². The van der Waals surface area contributed by atoms with E-state index in [4.69, 9.17) is 5.73 Å². The number of carbonyl (C=O) groups is 1. The number of hydrogen-bond donors (Lipinski definition) is 2. The number of nitrogens with two attached hydrogens (primary N) is 1. The molecule has 3 N–H and O–H groups in total. The van der Waals surface area contributed by atoms with Gasteiger partial charge in [-0.2, -0.15) is 0 Å². The van der Waals surface area contributed by atoms with Crippen molar-refractivity contribution in [1.82, 2.24) is 0 Å². The van der Waals surface area contributed by atoms with Gasteiger partial charge in [-0.05, 0) is 56.0 Å². The van der Waals surface area contributed by atoms with Gasteiger partial charge in [-0.1, -0.05) is 6.42 Å². The van der Waals surface area contributed by atoms with Crippen molar-refractivity contribution in [1.29, 1.82) is 0 Å². The van der Waals surface area contributed by atoms with Crippen LogP contribution >= 0.6 is 12.4 Å². The highest BCUT2D eigenvalue weighted by Crippen LogP contribution is 2.31. The Morgan fingerprint density at radius 1 is 1.47 bits per heavy atom. The van der Waals surface area contributed by atoms with Crippen LogP contribution in [0.4, 0.5) is 10.1 Å². The topological polar surface area (TPSA) is 55.1 Å². The zero-order valence-corrected chi connectivity index (χ0v) is 11.8.